The average molecular weight is 406 g/mol. The molecule has 0 aliphatic heterocycles. The molecule has 1 aromatic heterocycles. The molecule has 0 saturated carbocycles. The minimum atomic E-state index is -4.35. The molecule has 3 rings (SSSR count). The second kappa shape index (κ2) is 8.99. The fraction of sp³-hybridized carbons (Fsp3) is 0.200. The highest BCUT2D eigenvalue weighted by molar-refractivity contribution is 7.13. The summed E-state index contributed by atoms with van der Waals surface area (Å²) in [5.41, 5.74) is 2.76. The fourth-order valence-corrected chi connectivity index (χ4v) is 3.24. The molecule has 146 valence electrons. The van der Waals surface area contributed by atoms with Crippen LogP contribution in [0.5, 0.6) is 0 Å². The van der Waals surface area contributed by atoms with Gasteiger partial charge in [0.15, 0.2) is 0 Å². The number of rotatable bonds is 7. The lowest BCUT2D eigenvalue weighted by Crippen LogP contribution is -2.23. The van der Waals surface area contributed by atoms with E-state index >= 15 is 0 Å². The normalized spacial score (nSPS) is 11.4. The Hall–Kier alpha value is -2.71. The van der Waals surface area contributed by atoms with Gasteiger partial charge in [0.2, 0.25) is 0 Å². The van der Waals surface area contributed by atoms with E-state index < -0.39 is 12.8 Å². The lowest BCUT2D eigenvalue weighted by Gasteiger charge is -2.08. The van der Waals surface area contributed by atoms with Crippen molar-refractivity contribution in [2.45, 2.75) is 19.3 Å². The summed E-state index contributed by atoms with van der Waals surface area (Å²) >= 11 is 1.50. The van der Waals surface area contributed by atoms with Gasteiger partial charge in [-0.2, -0.15) is 13.2 Å². The quantitative estimate of drug-likeness (QED) is 0.612. The Morgan fingerprint density at radius 3 is 2.46 bits per heavy atom. The number of nitrogens with zero attached hydrogens (tertiary/aromatic N) is 1. The van der Waals surface area contributed by atoms with Crippen molar-refractivity contribution >= 4 is 17.2 Å². The number of alkyl halides is 3. The number of aromatic nitrogens is 1. The van der Waals surface area contributed by atoms with Crippen LogP contribution in [0.2, 0.25) is 0 Å². The van der Waals surface area contributed by atoms with Gasteiger partial charge in [-0.05, 0) is 17.7 Å². The smallest absolute Gasteiger partial charge is 0.367 e. The summed E-state index contributed by atoms with van der Waals surface area (Å²) in [7, 11) is 0. The lowest BCUT2D eigenvalue weighted by molar-refractivity contribution is -0.176. The number of nitrogens with one attached hydrogen (secondary N) is 1. The Bertz CT molecular complexity index is 909. The van der Waals surface area contributed by atoms with E-state index in [2.05, 4.69) is 15.0 Å². The van der Waals surface area contributed by atoms with Gasteiger partial charge < -0.3 is 10.1 Å². The third-order valence-corrected chi connectivity index (χ3v) is 4.69. The van der Waals surface area contributed by atoms with Crippen LogP contribution in [0.4, 0.5) is 13.2 Å². The zero-order valence-electron chi connectivity index (χ0n) is 14.7. The first-order chi connectivity index (χ1) is 13.4. The Balaban J connectivity index is 1.50. The molecule has 28 heavy (non-hydrogen) atoms. The van der Waals surface area contributed by atoms with Gasteiger partial charge >= 0.3 is 6.18 Å². The van der Waals surface area contributed by atoms with Crippen molar-refractivity contribution in [3.63, 3.8) is 0 Å². The maximum absolute atomic E-state index is 12.2. The van der Waals surface area contributed by atoms with E-state index in [9.17, 15) is 18.0 Å². The Morgan fingerprint density at radius 2 is 1.79 bits per heavy atom. The molecular weight excluding hydrogens is 389 g/mol. The summed E-state index contributed by atoms with van der Waals surface area (Å²) in [6, 6.07) is 16.0. The zero-order valence-corrected chi connectivity index (χ0v) is 15.5. The van der Waals surface area contributed by atoms with Gasteiger partial charge in [-0.15, -0.1) is 11.3 Å². The van der Waals surface area contributed by atoms with Crippen LogP contribution in [0, 0.1) is 0 Å². The van der Waals surface area contributed by atoms with Crippen molar-refractivity contribution in [3.05, 3.63) is 76.8 Å². The molecule has 0 aliphatic rings. The minimum absolute atomic E-state index is 0.164. The molecule has 0 unspecified atom stereocenters. The third kappa shape index (κ3) is 5.90. The molecule has 0 saturated heterocycles. The van der Waals surface area contributed by atoms with Crippen molar-refractivity contribution in [3.8, 4) is 10.6 Å². The van der Waals surface area contributed by atoms with Crippen LogP contribution < -0.4 is 5.32 Å². The number of amides is 1. The average Bonchev–Trinajstić information content (AvgIpc) is 3.15. The molecule has 1 N–H and O–H groups in total. The number of thiazole rings is 1. The van der Waals surface area contributed by atoms with E-state index in [1.165, 1.54) is 11.3 Å². The molecule has 0 spiro atoms. The first-order valence-electron chi connectivity index (χ1n) is 8.42. The Kier molecular flexibility index (Phi) is 6.43. The second-order valence-corrected chi connectivity index (χ2v) is 6.86. The number of halogens is 3. The number of carbonyl (C=O) groups is 1. The van der Waals surface area contributed by atoms with Crippen LogP contribution in [0.3, 0.4) is 0 Å². The van der Waals surface area contributed by atoms with E-state index in [-0.39, 0.29) is 12.5 Å². The molecular formula is C20H17F3N2O2S. The van der Waals surface area contributed by atoms with Gasteiger partial charge in [0.1, 0.15) is 11.6 Å². The van der Waals surface area contributed by atoms with Crippen LogP contribution in [0.15, 0.2) is 60.0 Å². The van der Waals surface area contributed by atoms with Gasteiger partial charge in [0.25, 0.3) is 5.91 Å². The third-order valence-electron chi connectivity index (χ3n) is 3.75. The SMILES string of the molecule is O=C(NCc1csc(-c2ccccc2)n1)c1ccc(COCC(F)(F)F)cc1. The predicted octanol–water partition coefficient (Wildman–Crippen LogP) is 4.82. The number of ether oxygens (including phenoxy) is 1. The summed E-state index contributed by atoms with van der Waals surface area (Å²) in [4.78, 5) is 16.7. The van der Waals surface area contributed by atoms with Crippen LogP contribution in [0.25, 0.3) is 10.6 Å². The maximum atomic E-state index is 12.2. The van der Waals surface area contributed by atoms with Crippen LogP contribution in [-0.4, -0.2) is 23.7 Å². The van der Waals surface area contributed by atoms with E-state index in [0.29, 0.717) is 17.7 Å². The van der Waals surface area contributed by atoms with E-state index in [0.717, 1.165) is 16.3 Å². The fourth-order valence-electron chi connectivity index (χ4n) is 2.41. The molecule has 8 heteroatoms. The second-order valence-electron chi connectivity index (χ2n) is 6.00. The van der Waals surface area contributed by atoms with Crippen molar-refractivity contribution in [1.82, 2.24) is 10.3 Å². The van der Waals surface area contributed by atoms with Crippen molar-refractivity contribution in [2.75, 3.05) is 6.61 Å². The number of hydrogen-bond donors (Lipinski definition) is 1. The maximum Gasteiger partial charge on any atom is 0.411 e. The summed E-state index contributed by atoms with van der Waals surface area (Å²) in [6.45, 7) is -1.17. The molecule has 0 bridgehead atoms. The summed E-state index contributed by atoms with van der Waals surface area (Å²) < 4.78 is 40.8. The molecule has 0 aliphatic carbocycles. The topological polar surface area (TPSA) is 51.2 Å². The molecule has 4 nitrogen and oxygen atoms in total. The molecule has 2 aromatic carbocycles. The first kappa shape index (κ1) is 20.0. The van der Waals surface area contributed by atoms with Gasteiger partial charge in [-0.1, -0.05) is 42.5 Å². The molecule has 1 heterocycles. The van der Waals surface area contributed by atoms with Crippen molar-refractivity contribution < 1.29 is 22.7 Å². The molecule has 0 fully saturated rings. The molecule has 1 amide bonds. The standard InChI is InChI=1S/C20H17F3N2O2S/c21-20(22,23)13-27-11-14-6-8-15(9-7-14)18(26)24-10-17-12-28-19(25-17)16-4-2-1-3-5-16/h1-9,12H,10-11,13H2,(H,24,26). The van der Waals surface area contributed by atoms with Crippen LogP contribution in [-0.2, 0) is 17.9 Å². The van der Waals surface area contributed by atoms with Gasteiger partial charge in [0.05, 0.1) is 18.8 Å². The predicted molar refractivity (Wildman–Crippen MR) is 101 cm³/mol. The molecule has 0 atom stereocenters. The van der Waals surface area contributed by atoms with E-state index in [1.807, 2.05) is 35.7 Å². The van der Waals surface area contributed by atoms with E-state index in [4.69, 9.17) is 0 Å². The minimum Gasteiger partial charge on any atom is -0.367 e. The van der Waals surface area contributed by atoms with E-state index in [1.54, 1.807) is 24.3 Å². The van der Waals surface area contributed by atoms with Crippen molar-refractivity contribution in [1.29, 1.82) is 0 Å². The summed E-state index contributed by atoms with van der Waals surface area (Å²) in [6.07, 6.45) is -4.35. The number of carbonyl (C=O) groups excluding carboxylic acids is 1. The van der Waals surface area contributed by atoms with Crippen molar-refractivity contribution in [2.24, 2.45) is 0 Å². The lowest BCUT2D eigenvalue weighted by atomic mass is 10.1. The number of benzene rings is 2. The molecule has 3 aromatic rings. The molecule has 0 radical (unpaired) electrons. The first-order valence-corrected chi connectivity index (χ1v) is 9.30. The summed E-state index contributed by atoms with van der Waals surface area (Å²) in [5, 5.41) is 5.56. The number of hydrogen-bond acceptors (Lipinski definition) is 4. The van der Waals surface area contributed by atoms with Gasteiger partial charge in [-0.3, -0.25) is 4.79 Å². The zero-order chi connectivity index (χ0) is 20.0. The van der Waals surface area contributed by atoms with Crippen LogP contribution >= 0.6 is 11.3 Å². The van der Waals surface area contributed by atoms with Crippen LogP contribution in [0.1, 0.15) is 21.6 Å². The Labute approximate surface area is 164 Å². The summed E-state index contributed by atoms with van der Waals surface area (Å²) in [5.74, 6) is -0.281. The highest BCUT2D eigenvalue weighted by atomic mass is 32.1. The Morgan fingerprint density at radius 1 is 1.07 bits per heavy atom. The van der Waals surface area contributed by atoms with Gasteiger partial charge in [-0.25, -0.2) is 4.98 Å². The van der Waals surface area contributed by atoms with Gasteiger partial charge in [0, 0.05) is 16.5 Å². The largest absolute Gasteiger partial charge is 0.411 e. The highest BCUT2D eigenvalue weighted by Crippen LogP contribution is 2.23. The highest BCUT2D eigenvalue weighted by Gasteiger charge is 2.27. The monoisotopic (exact) mass is 406 g/mol.